The molecule has 0 unspecified atom stereocenters. The Morgan fingerprint density at radius 1 is 1.39 bits per heavy atom. The van der Waals surface area contributed by atoms with Crippen molar-refractivity contribution in [2.24, 2.45) is 11.8 Å². The Bertz CT molecular complexity index is 370. The van der Waals surface area contributed by atoms with Crippen LogP contribution in [0.3, 0.4) is 0 Å². The van der Waals surface area contributed by atoms with Gasteiger partial charge in [0.2, 0.25) is 5.95 Å². The van der Waals surface area contributed by atoms with E-state index < -0.39 is 0 Å². The van der Waals surface area contributed by atoms with Crippen molar-refractivity contribution in [1.29, 1.82) is 0 Å². The van der Waals surface area contributed by atoms with Gasteiger partial charge in [-0.1, -0.05) is 0 Å². The van der Waals surface area contributed by atoms with Crippen LogP contribution in [0.2, 0.25) is 0 Å². The SMILES string of the molecule is COCCCn1ccnc1NC(C1CC1)C1CC1. The molecular weight excluding hydrogens is 226 g/mol. The molecule has 4 heteroatoms. The average Bonchev–Trinajstić information content (AvgIpc) is 3.28. The number of imidazole rings is 1. The highest BCUT2D eigenvalue weighted by atomic mass is 16.5. The maximum Gasteiger partial charge on any atom is 0.203 e. The summed E-state index contributed by atoms with van der Waals surface area (Å²) in [6.07, 6.45) is 10.6. The lowest BCUT2D eigenvalue weighted by atomic mass is 10.1. The van der Waals surface area contributed by atoms with E-state index in [1.165, 1.54) is 25.7 Å². The molecule has 0 radical (unpaired) electrons. The summed E-state index contributed by atoms with van der Waals surface area (Å²) in [7, 11) is 1.75. The van der Waals surface area contributed by atoms with Gasteiger partial charge >= 0.3 is 0 Å². The van der Waals surface area contributed by atoms with E-state index >= 15 is 0 Å². The van der Waals surface area contributed by atoms with Gasteiger partial charge in [0, 0.05) is 38.7 Å². The first-order valence-corrected chi connectivity index (χ1v) is 7.15. The normalized spacial score (nSPS) is 19.4. The number of aryl methyl sites for hydroxylation is 1. The van der Waals surface area contributed by atoms with Crippen molar-refractivity contribution >= 4 is 5.95 Å². The molecule has 100 valence electrons. The topological polar surface area (TPSA) is 39.1 Å². The first-order chi connectivity index (χ1) is 8.88. The lowest BCUT2D eigenvalue weighted by molar-refractivity contribution is 0.190. The summed E-state index contributed by atoms with van der Waals surface area (Å²) in [6.45, 7) is 1.80. The van der Waals surface area contributed by atoms with Gasteiger partial charge in [0.25, 0.3) is 0 Å². The number of nitrogens with zero attached hydrogens (tertiary/aromatic N) is 2. The van der Waals surface area contributed by atoms with Gasteiger partial charge in [-0.05, 0) is 43.9 Å². The second-order valence-electron chi connectivity index (χ2n) is 5.64. The number of methoxy groups -OCH3 is 1. The summed E-state index contributed by atoms with van der Waals surface area (Å²) in [5, 5.41) is 3.69. The summed E-state index contributed by atoms with van der Waals surface area (Å²) >= 11 is 0. The molecular formula is C14H23N3O. The molecule has 0 saturated heterocycles. The van der Waals surface area contributed by atoms with Crippen molar-refractivity contribution in [3.63, 3.8) is 0 Å². The molecule has 4 nitrogen and oxygen atoms in total. The standard InChI is InChI=1S/C14H23N3O/c1-18-10-2-8-17-9-7-15-14(17)16-13(11-3-4-11)12-5-6-12/h7,9,11-13H,2-6,8,10H2,1H3,(H,15,16). The van der Waals surface area contributed by atoms with Gasteiger partial charge in [0.15, 0.2) is 0 Å². The molecule has 0 atom stereocenters. The molecule has 1 N–H and O–H groups in total. The highest BCUT2D eigenvalue weighted by Crippen LogP contribution is 2.45. The third-order valence-corrected chi connectivity index (χ3v) is 4.02. The zero-order chi connectivity index (χ0) is 12.4. The van der Waals surface area contributed by atoms with Crippen LogP contribution in [-0.2, 0) is 11.3 Å². The molecule has 0 bridgehead atoms. The maximum absolute atomic E-state index is 5.10. The van der Waals surface area contributed by atoms with E-state index in [0.29, 0.717) is 6.04 Å². The predicted molar refractivity (Wildman–Crippen MR) is 71.6 cm³/mol. The molecule has 2 aliphatic carbocycles. The van der Waals surface area contributed by atoms with Crippen molar-refractivity contribution in [3.8, 4) is 0 Å². The second-order valence-corrected chi connectivity index (χ2v) is 5.64. The first-order valence-electron chi connectivity index (χ1n) is 7.15. The third kappa shape index (κ3) is 2.86. The molecule has 18 heavy (non-hydrogen) atoms. The van der Waals surface area contributed by atoms with Gasteiger partial charge in [-0.25, -0.2) is 4.98 Å². The van der Waals surface area contributed by atoms with Crippen LogP contribution in [0.15, 0.2) is 12.4 Å². The smallest absolute Gasteiger partial charge is 0.203 e. The number of hydrogen-bond donors (Lipinski definition) is 1. The first kappa shape index (κ1) is 12.0. The van der Waals surface area contributed by atoms with E-state index in [1.807, 2.05) is 6.20 Å². The van der Waals surface area contributed by atoms with Gasteiger partial charge in [-0.15, -0.1) is 0 Å². The summed E-state index contributed by atoms with van der Waals surface area (Å²) in [5.74, 6) is 2.86. The monoisotopic (exact) mass is 249 g/mol. The molecule has 1 heterocycles. The Labute approximate surface area is 109 Å². The molecule has 1 aromatic rings. The molecule has 2 fully saturated rings. The van der Waals surface area contributed by atoms with Crippen molar-refractivity contribution in [3.05, 3.63) is 12.4 Å². The highest BCUT2D eigenvalue weighted by molar-refractivity contribution is 5.30. The zero-order valence-corrected chi connectivity index (χ0v) is 11.1. The second kappa shape index (κ2) is 5.31. The van der Waals surface area contributed by atoms with Crippen LogP contribution in [0.5, 0.6) is 0 Å². The molecule has 0 spiro atoms. The summed E-state index contributed by atoms with van der Waals surface area (Å²) in [5.41, 5.74) is 0. The number of anilines is 1. The van der Waals surface area contributed by atoms with Gasteiger partial charge in [0.1, 0.15) is 0 Å². The van der Waals surface area contributed by atoms with E-state index in [4.69, 9.17) is 4.74 Å². The van der Waals surface area contributed by atoms with Crippen molar-refractivity contribution < 1.29 is 4.74 Å². The van der Waals surface area contributed by atoms with Crippen LogP contribution in [0.4, 0.5) is 5.95 Å². The largest absolute Gasteiger partial charge is 0.385 e. The Morgan fingerprint density at radius 3 is 2.72 bits per heavy atom. The van der Waals surface area contributed by atoms with Crippen LogP contribution in [0, 0.1) is 11.8 Å². The number of rotatable bonds is 8. The van der Waals surface area contributed by atoms with Crippen LogP contribution >= 0.6 is 0 Å². The molecule has 1 aromatic heterocycles. The summed E-state index contributed by atoms with van der Waals surface area (Å²) in [6, 6.07) is 0.675. The van der Waals surface area contributed by atoms with E-state index in [0.717, 1.165) is 37.4 Å². The summed E-state index contributed by atoms with van der Waals surface area (Å²) in [4.78, 5) is 4.47. The van der Waals surface area contributed by atoms with Crippen molar-refractivity contribution in [1.82, 2.24) is 9.55 Å². The Morgan fingerprint density at radius 2 is 2.11 bits per heavy atom. The van der Waals surface area contributed by atoms with Crippen LogP contribution < -0.4 is 5.32 Å². The summed E-state index contributed by atoms with van der Waals surface area (Å²) < 4.78 is 7.32. The zero-order valence-electron chi connectivity index (χ0n) is 11.1. The molecule has 3 rings (SSSR count). The third-order valence-electron chi connectivity index (χ3n) is 4.02. The fraction of sp³-hybridized carbons (Fsp3) is 0.786. The molecule has 0 amide bonds. The quantitative estimate of drug-likeness (QED) is 0.720. The van der Waals surface area contributed by atoms with Crippen molar-refractivity contribution in [2.45, 2.75) is 44.7 Å². The molecule has 2 aliphatic rings. The minimum absolute atomic E-state index is 0.675. The number of nitrogens with one attached hydrogen (secondary N) is 1. The van der Waals surface area contributed by atoms with Crippen LogP contribution in [-0.4, -0.2) is 29.3 Å². The Hall–Kier alpha value is -1.03. The predicted octanol–water partition coefficient (Wildman–Crippen LogP) is 2.52. The number of ether oxygens (including phenoxy) is 1. The van der Waals surface area contributed by atoms with E-state index in [2.05, 4.69) is 21.1 Å². The van der Waals surface area contributed by atoms with E-state index in [9.17, 15) is 0 Å². The van der Waals surface area contributed by atoms with Crippen molar-refractivity contribution in [2.75, 3.05) is 19.0 Å². The van der Waals surface area contributed by atoms with Gasteiger partial charge in [0.05, 0.1) is 0 Å². The molecule has 2 saturated carbocycles. The minimum Gasteiger partial charge on any atom is -0.385 e. The fourth-order valence-electron chi connectivity index (χ4n) is 2.69. The van der Waals surface area contributed by atoms with Crippen LogP contribution in [0.25, 0.3) is 0 Å². The van der Waals surface area contributed by atoms with Gasteiger partial charge in [-0.2, -0.15) is 0 Å². The number of hydrogen-bond acceptors (Lipinski definition) is 3. The average molecular weight is 249 g/mol. The molecule has 0 aromatic carbocycles. The Kier molecular flexibility index (Phi) is 3.55. The molecule has 0 aliphatic heterocycles. The fourth-order valence-corrected chi connectivity index (χ4v) is 2.69. The minimum atomic E-state index is 0.675. The van der Waals surface area contributed by atoms with Crippen LogP contribution in [0.1, 0.15) is 32.1 Å². The van der Waals surface area contributed by atoms with E-state index in [-0.39, 0.29) is 0 Å². The highest BCUT2D eigenvalue weighted by Gasteiger charge is 2.41. The Balaban J connectivity index is 1.58. The maximum atomic E-state index is 5.10. The van der Waals surface area contributed by atoms with Gasteiger partial charge < -0.3 is 14.6 Å². The van der Waals surface area contributed by atoms with E-state index in [1.54, 1.807) is 7.11 Å². The number of aromatic nitrogens is 2. The lowest BCUT2D eigenvalue weighted by Gasteiger charge is -2.19. The lowest BCUT2D eigenvalue weighted by Crippen LogP contribution is -2.26. The van der Waals surface area contributed by atoms with Gasteiger partial charge in [-0.3, -0.25) is 0 Å².